The quantitative estimate of drug-likeness (QED) is 0.843. The third kappa shape index (κ3) is 2.77. The van der Waals surface area contributed by atoms with Gasteiger partial charge in [0.15, 0.2) is 0 Å². The summed E-state index contributed by atoms with van der Waals surface area (Å²) in [5.74, 6) is -0.262. The van der Waals surface area contributed by atoms with E-state index in [0.29, 0.717) is 5.56 Å². The lowest BCUT2D eigenvalue weighted by Gasteiger charge is -2.19. The Labute approximate surface area is 127 Å². The lowest BCUT2D eigenvalue weighted by Crippen LogP contribution is -2.35. The number of rotatable bonds is 4. The van der Waals surface area contributed by atoms with Crippen LogP contribution in [0.2, 0.25) is 0 Å². The maximum atomic E-state index is 12.4. The number of hydrogen-bond acceptors (Lipinski definition) is 4. The first-order chi connectivity index (χ1) is 9.19. The summed E-state index contributed by atoms with van der Waals surface area (Å²) in [5, 5.41) is 0. The van der Waals surface area contributed by atoms with E-state index >= 15 is 0 Å². The molecule has 1 aromatic rings. The van der Waals surface area contributed by atoms with Gasteiger partial charge in [0, 0.05) is 17.1 Å². The Hall–Kier alpha value is -0.480. The van der Waals surface area contributed by atoms with Crippen LogP contribution in [-0.2, 0) is 20.0 Å². The summed E-state index contributed by atoms with van der Waals surface area (Å²) >= 11 is 3.31. The first-order valence-corrected chi connectivity index (χ1v) is 9.80. The van der Waals surface area contributed by atoms with Crippen LogP contribution in [0.25, 0.3) is 0 Å². The largest absolute Gasteiger partial charge is 0.243 e. The molecule has 6 nitrogen and oxygen atoms in total. The van der Waals surface area contributed by atoms with Crippen LogP contribution in [0, 0.1) is 0 Å². The van der Waals surface area contributed by atoms with E-state index in [4.69, 9.17) is 0 Å². The van der Waals surface area contributed by atoms with Crippen LogP contribution < -0.4 is 4.72 Å². The van der Waals surface area contributed by atoms with E-state index in [1.54, 1.807) is 19.1 Å². The minimum Gasteiger partial charge on any atom is -0.218 e. The Morgan fingerprint density at radius 1 is 1.40 bits per heavy atom. The topological polar surface area (TPSA) is 83.6 Å². The predicted molar refractivity (Wildman–Crippen MR) is 79.3 cm³/mol. The third-order valence-corrected chi connectivity index (χ3v) is 7.21. The van der Waals surface area contributed by atoms with E-state index in [1.165, 1.54) is 17.4 Å². The molecule has 9 heteroatoms. The van der Waals surface area contributed by atoms with Crippen molar-refractivity contribution in [1.29, 1.82) is 0 Å². The summed E-state index contributed by atoms with van der Waals surface area (Å²) < 4.78 is 51.9. The van der Waals surface area contributed by atoms with Crippen LogP contribution in [0.4, 0.5) is 0 Å². The average Bonchev–Trinajstić information content (AvgIpc) is 2.55. The Bertz CT molecular complexity index is 731. The van der Waals surface area contributed by atoms with Crippen molar-refractivity contribution in [3.05, 3.63) is 28.2 Å². The molecule has 1 N–H and O–H groups in total. The average molecular weight is 383 g/mol. The molecule has 2 rings (SSSR count). The minimum absolute atomic E-state index is 0.0705. The standard InChI is InChI=1S/C11H15BrN2O4S2/c1-8-10-7-9(12)3-4-11(10)20(17,18)14(8)5-6-19(15,16)13-2/h3-4,7-8,13H,5-6H2,1-2H3. The van der Waals surface area contributed by atoms with Gasteiger partial charge < -0.3 is 0 Å². The predicted octanol–water partition coefficient (Wildman–Crippen LogP) is 1.06. The van der Waals surface area contributed by atoms with Crippen LogP contribution in [0.1, 0.15) is 18.5 Å². The van der Waals surface area contributed by atoms with Crippen molar-refractivity contribution < 1.29 is 16.8 Å². The Kier molecular flexibility index (Phi) is 4.27. The highest BCUT2D eigenvalue weighted by Gasteiger charge is 2.40. The zero-order valence-electron chi connectivity index (χ0n) is 11.0. The van der Waals surface area contributed by atoms with Gasteiger partial charge in [0.2, 0.25) is 20.0 Å². The maximum Gasteiger partial charge on any atom is 0.243 e. The lowest BCUT2D eigenvalue weighted by molar-refractivity contribution is 0.376. The zero-order chi connectivity index (χ0) is 15.1. The molecule has 0 saturated heterocycles. The van der Waals surface area contributed by atoms with Crippen LogP contribution in [0.15, 0.2) is 27.6 Å². The minimum atomic E-state index is -3.62. The van der Waals surface area contributed by atoms with Crippen LogP contribution >= 0.6 is 15.9 Å². The molecule has 1 aliphatic rings. The molecular formula is C11H15BrN2O4S2. The second kappa shape index (κ2) is 5.38. The molecule has 0 aromatic heterocycles. The summed E-state index contributed by atoms with van der Waals surface area (Å²) in [7, 11) is -5.76. The van der Waals surface area contributed by atoms with Crippen molar-refractivity contribution in [2.24, 2.45) is 0 Å². The Balaban J connectivity index is 2.35. The van der Waals surface area contributed by atoms with Gasteiger partial charge in [0.05, 0.1) is 10.6 Å². The fourth-order valence-corrected chi connectivity index (χ4v) is 5.21. The van der Waals surface area contributed by atoms with Crippen LogP contribution in [0.3, 0.4) is 0 Å². The molecule has 0 bridgehead atoms. The molecule has 0 amide bonds. The SMILES string of the molecule is CNS(=O)(=O)CCN1C(C)c2cc(Br)ccc2S1(=O)=O. The molecule has 0 spiro atoms. The molecule has 1 aliphatic heterocycles. The van der Waals surface area contributed by atoms with Gasteiger partial charge in [-0.15, -0.1) is 0 Å². The van der Waals surface area contributed by atoms with E-state index in [1.807, 2.05) is 0 Å². The zero-order valence-corrected chi connectivity index (χ0v) is 14.2. The molecule has 1 unspecified atom stereocenters. The van der Waals surface area contributed by atoms with Gasteiger partial charge in [0.1, 0.15) is 0 Å². The van der Waals surface area contributed by atoms with E-state index in [0.717, 1.165) is 4.47 Å². The van der Waals surface area contributed by atoms with Gasteiger partial charge in [-0.1, -0.05) is 15.9 Å². The smallest absolute Gasteiger partial charge is 0.218 e. The number of fused-ring (bicyclic) bond motifs is 1. The molecule has 0 radical (unpaired) electrons. The molecule has 1 heterocycles. The highest BCUT2D eigenvalue weighted by Crippen LogP contribution is 2.40. The van der Waals surface area contributed by atoms with Gasteiger partial charge >= 0.3 is 0 Å². The molecule has 0 aliphatic carbocycles. The summed E-state index contributed by atoms with van der Waals surface area (Å²) in [6.07, 6.45) is 0. The fourth-order valence-electron chi connectivity index (χ4n) is 2.20. The van der Waals surface area contributed by atoms with Gasteiger partial charge in [0.25, 0.3) is 0 Å². The van der Waals surface area contributed by atoms with E-state index < -0.39 is 20.0 Å². The van der Waals surface area contributed by atoms with Crippen molar-refractivity contribution in [3.8, 4) is 0 Å². The Morgan fingerprint density at radius 2 is 2.05 bits per heavy atom. The molecule has 0 saturated carbocycles. The number of benzene rings is 1. The third-order valence-electron chi connectivity index (χ3n) is 3.33. The highest BCUT2D eigenvalue weighted by molar-refractivity contribution is 9.10. The first-order valence-electron chi connectivity index (χ1n) is 5.91. The number of sulfonamides is 2. The number of halogens is 1. The van der Waals surface area contributed by atoms with Gasteiger partial charge in [-0.05, 0) is 37.7 Å². The second-order valence-electron chi connectivity index (χ2n) is 4.50. The molecule has 0 fully saturated rings. The van der Waals surface area contributed by atoms with Crippen molar-refractivity contribution >= 4 is 36.0 Å². The second-order valence-corrected chi connectivity index (χ2v) is 9.32. The summed E-state index contributed by atoms with van der Waals surface area (Å²) in [6.45, 7) is 1.68. The van der Waals surface area contributed by atoms with Gasteiger partial charge in [-0.3, -0.25) is 0 Å². The molecular weight excluding hydrogens is 368 g/mol. The van der Waals surface area contributed by atoms with E-state index in [2.05, 4.69) is 20.7 Å². The number of nitrogens with one attached hydrogen (secondary N) is 1. The summed E-state index contributed by atoms with van der Waals surface area (Å²) in [6, 6.07) is 4.58. The molecule has 112 valence electrons. The van der Waals surface area contributed by atoms with Crippen molar-refractivity contribution in [3.63, 3.8) is 0 Å². The first kappa shape index (κ1) is 15.9. The molecule has 1 atom stereocenters. The van der Waals surface area contributed by atoms with Crippen LogP contribution in [0.5, 0.6) is 0 Å². The van der Waals surface area contributed by atoms with Crippen molar-refractivity contribution in [2.75, 3.05) is 19.3 Å². The number of nitrogens with zero attached hydrogens (tertiary/aromatic N) is 1. The lowest BCUT2D eigenvalue weighted by atomic mass is 10.1. The van der Waals surface area contributed by atoms with Crippen molar-refractivity contribution in [1.82, 2.24) is 9.03 Å². The van der Waals surface area contributed by atoms with Crippen molar-refractivity contribution in [2.45, 2.75) is 17.9 Å². The number of hydrogen-bond donors (Lipinski definition) is 1. The monoisotopic (exact) mass is 382 g/mol. The van der Waals surface area contributed by atoms with Crippen LogP contribution in [-0.4, -0.2) is 40.5 Å². The fraction of sp³-hybridized carbons (Fsp3) is 0.455. The normalized spacial score (nSPS) is 21.9. The van der Waals surface area contributed by atoms with E-state index in [-0.39, 0.29) is 23.2 Å². The maximum absolute atomic E-state index is 12.4. The van der Waals surface area contributed by atoms with E-state index in [9.17, 15) is 16.8 Å². The van der Waals surface area contributed by atoms with Gasteiger partial charge in [-0.2, -0.15) is 4.31 Å². The molecule has 1 aromatic carbocycles. The summed E-state index contributed by atoms with van der Waals surface area (Å²) in [5.41, 5.74) is 0.682. The molecule has 20 heavy (non-hydrogen) atoms. The van der Waals surface area contributed by atoms with Gasteiger partial charge in [-0.25, -0.2) is 21.6 Å². The Morgan fingerprint density at radius 3 is 2.65 bits per heavy atom. The highest BCUT2D eigenvalue weighted by atomic mass is 79.9. The summed E-state index contributed by atoms with van der Waals surface area (Å²) in [4.78, 5) is 0.245.